The van der Waals surface area contributed by atoms with Gasteiger partial charge in [0.2, 0.25) is 5.79 Å². The maximum absolute atomic E-state index is 13.8. The maximum Gasteiger partial charge on any atom is 0.410 e. The highest BCUT2D eigenvalue weighted by molar-refractivity contribution is 6.03. The molecule has 306 valence electrons. The van der Waals surface area contributed by atoms with E-state index in [1.165, 1.54) is 21.3 Å². The molecule has 0 saturated heterocycles. The zero-order valence-corrected chi connectivity index (χ0v) is 32.6. The van der Waals surface area contributed by atoms with Gasteiger partial charge in [0.15, 0.2) is 6.29 Å². The topological polar surface area (TPSA) is 175 Å². The number of oxime groups is 1. The van der Waals surface area contributed by atoms with Crippen LogP contribution in [0.2, 0.25) is 0 Å². The molecular formula is C42H56N2O12. The molecule has 3 aliphatic rings. The van der Waals surface area contributed by atoms with Crippen LogP contribution in [0.3, 0.4) is 0 Å². The summed E-state index contributed by atoms with van der Waals surface area (Å²) in [5, 5.41) is 33.6. The molecule has 1 heterocycles. The fourth-order valence-corrected chi connectivity index (χ4v) is 8.65. The quantitative estimate of drug-likeness (QED) is 0.0582. The van der Waals surface area contributed by atoms with Crippen LogP contribution >= 0.6 is 0 Å². The fraction of sp³-hybridized carbons (Fsp3) is 0.548. The van der Waals surface area contributed by atoms with Crippen LogP contribution in [0.4, 0.5) is 4.79 Å². The van der Waals surface area contributed by atoms with Crippen LogP contribution in [0, 0.1) is 17.8 Å². The summed E-state index contributed by atoms with van der Waals surface area (Å²) in [7, 11) is 4.30. The molecule has 6 atom stereocenters. The van der Waals surface area contributed by atoms with E-state index in [0.717, 1.165) is 36.8 Å². The number of allylic oxidation sites excluding steroid dienone is 1. The van der Waals surface area contributed by atoms with Crippen molar-refractivity contribution in [1.82, 2.24) is 4.90 Å². The summed E-state index contributed by atoms with van der Waals surface area (Å²) in [4.78, 5) is 32.6. The second kappa shape index (κ2) is 20.6. The zero-order chi connectivity index (χ0) is 40.1. The predicted octanol–water partition coefficient (Wildman–Crippen LogP) is 5.64. The third-order valence-corrected chi connectivity index (χ3v) is 10.9. The number of benzene rings is 2. The lowest BCUT2D eigenvalue weighted by Gasteiger charge is -2.59. The lowest BCUT2D eigenvalue weighted by molar-refractivity contribution is -0.255. The molecule has 14 heteroatoms. The van der Waals surface area contributed by atoms with Crippen molar-refractivity contribution in [1.29, 1.82) is 0 Å². The molecule has 0 unspecified atom stereocenters. The average Bonchev–Trinajstić information content (AvgIpc) is 3.21. The number of rotatable bonds is 22. The Kier molecular flexibility index (Phi) is 15.7. The summed E-state index contributed by atoms with van der Waals surface area (Å²) in [6.07, 6.45) is 8.58. The number of nitrogens with zero attached hydrogens (tertiary/aromatic N) is 2. The number of amides is 1. The van der Waals surface area contributed by atoms with Crippen LogP contribution < -0.4 is 14.2 Å². The number of aldehydes is 1. The number of aliphatic hydroxyl groups is 3. The zero-order valence-electron chi connectivity index (χ0n) is 32.6. The molecule has 5 rings (SSSR count). The number of fused-ring (bicyclic) bond motifs is 2. The average molecular weight is 781 g/mol. The first kappa shape index (κ1) is 42.7. The Morgan fingerprint density at radius 1 is 1.00 bits per heavy atom. The van der Waals surface area contributed by atoms with Gasteiger partial charge in [0.05, 0.1) is 57.8 Å². The van der Waals surface area contributed by atoms with E-state index in [2.05, 4.69) is 17.8 Å². The van der Waals surface area contributed by atoms with Crippen molar-refractivity contribution in [2.45, 2.75) is 62.7 Å². The van der Waals surface area contributed by atoms with Gasteiger partial charge in [-0.2, -0.15) is 0 Å². The number of hydrogen-bond acceptors (Lipinski definition) is 13. The summed E-state index contributed by atoms with van der Waals surface area (Å²) >= 11 is 0. The molecular weight excluding hydrogens is 724 g/mol. The van der Waals surface area contributed by atoms with Gasteiger partial charge in [-0.25, -0.2) is 4.79 Å². The number of hydrogen-bond donors (Lipinski definition) is 3. The van der Waals surface area contributed by atoms with Gasteiger partial charge in [0, 0.05) is 37.7 Å². The minimum Gasteiger partial charge on any atom is -0.496 e. The largest absolute Gasteiger partial charge is 0.496 e. The van der Waals surface area contributed by atoms with Crippen molar-refractivity contribution in [3.05, 3.63) is 71.8 Å². The minimum absolute atomic E-state index is 0.00302. The standard InChI is InChI=1S/C42H56N2O12/c1-5-20-54-42-38(44(41(49)51-3)16-21-53-22-19-47)26-35(43-52-4)33-24-28(10-6-8-17-45)32(11-7-9-18-46)39(40(33)42)34-25-31(13-15-37(34)56-42)55-30-12-14-36(50-2)29(23-30)27-48/h5,12-15,23-25,27-28,32,38-40,45-47H,1,6-11,16-22,26H2,2-4H3/t28-,32+,38-,39+,40+,42+/m0/s1. The summed E-state index contributed by atoms with van der Waals surface area (Å²) in [5.74, 6) is -0.283. The fourth-order valence-electron chi connectivity index (χ4n) is 8.65. The molecule has 1 fully saturated rings. The Labute approximate surface area is 328 Å². The van der Waals surface area contributed by atoms with Crippen LogP contribution in [0.15, 0.2) is 65.9 Å². The number of aliphatic hydroxyl groups excluding tert-OH is 3. The third kappa shape index (κ3) is 9.21. The molecule has 0 aromatic heterocycles. The monoisotopic (exact) mass is 780 g/mol. The van der Waals surface area contributed by atoms with E-state index < -0.39 is 23.8 Å². The summed E-state index contributed by atoms with van der Waals surface area (Å²) in [6.45, 7) is 4.33. The highest BCUT2D eigenvalue weighted by Gasteiger charge is 2.65. The lowest BCUT2D eigenvalue weighted by atomic mass is 9.55. The smallest absolute Gasteiger partial charge is 0.410 e. The normalized spacial score (nSPS) is 24.2. The van der Waals surface area contributed by atoms with Crippen LogP contribution in [0.1, 0.15) is 66.8 Å². The van der Waals surface area contributed by atoms with E-state index in [0.29, 0.717) is 53.4 Å². The van der Waals surface area contributed by atoms with E-state index in [1.807, 2.05) is 12.1 Å². The van der Waals surface area contributed by atoms with Crippen LogP contribution in [-0.4, -0.2) is 118 Å². The van der Waals surface area contributed by atoms with Gasteiger partial charge in [-0.05, 0) is 79.5 Å². The maximum atomic E-state index is 13.8. The molecule has 1 aliphatic heterocycles. The number of carbonyl (C=O) groups is 2. The van der Waals surface area contributed by atoms with Gasteiger partial charge < -0.3 is 48.6 Å². The Morgan fingerprint density at radius 2 is 1.75 bits per heavy atom. The Bertz CT molecular complexity index is 1700. The summed E-state index contributed by atoms with van der Waals surface area (Å²) in [5.41, 5.74) is 2.74. The molecule has 2 aliphatic carbocycles. The van der Waals surface area contributed by atoms with Gasteiger partial charge in [0.25, 0.3) is 0 Å². The van der Waals surface area contributed by atoms with Crippen LogP contribution in [0.5, 0.6) is 23.0 Å². The molecule has 0 bridgehead atoms. The highest BCUT2D eigenvalue weighted by atomic mass is 16.7. The van der Waals surface area contributed by atoms with E-state index in [9.17, 15) is 24.9 Å². The molecule has 2 aromatic rings. The molecule has 14 nitrogen and oxygen atoms in total. The minimum atomic E-state index is -1.47. The van der Waals surface area contributed by atoms with E-state index in [4.69, 9.17) is 33.3 Å². The van der Waals surface area contributed by atoms with Crippen molar-refractivity contribution in [2.75, 3.05) is 67.5 Å². The Hall–Kier alpha value is -4.47. The van der Waals surface area contributed by atoms with Gasteiger partial charge in [-0.1, -0.05) is 30.1 Å². The Balaban J connectivity index is 1.74. The summed E-state index contributed by atoms with van der Waals surface area (Å²) in [6, 6.07) is 9.84. The second-order valence-electron chi connectivity index (χ2n) is 14.1. The van der Waals surface area contributed by atoms with E-state index >= 15 is 0 Å². The molecule has 56 heavy (non-hydrogen) atoms. The lowest BCUT2D eigenvalue weighted by Crippen LogP contribution is -2.70. The van der Waals surface area contributed by atoms with Crippen molar-refractivity contribution < 1.29 is 58.2 Å². The van der Waals surface area contributed by atoms with Crippen LogP contribution in [-0.2, 0) is 19.0 Å². The molecule has 0 radical (unpaired) electrons. The third-order valence-electron chi connectivity index (χ3n) is 10.9. The van der Waals surface area contributed by atoms with Crippen LogP contribution in [0.25, 0.3) is 0 Å². The van der Waals surface area contributed by atoms with Gasteiger partial charge in [0.1, 0.15) is 36.1 Å². The van der Waals surface area contributed by atoms with E-state index in [-0.39, 0.29) is 70.4 Å². The number of ether oxygens (including phenoxy) is 6. The molecule has 1 saturated carbocycles. The van der Waals surface area contributed by atoms with Crippen molar-refractivity contribution in [3.63, 3.8) is 0 Å². The summed E-state index contributed by atoms with van der Waals surface area (Å²) < 4.78 is 36.7. The first-order valence-electron chi connectivity index (χ1n) is 19.3. The molecule has 0 spiro atoms. The van der Waals surface area contributed by atoms with Gasteiger partial charge >= 0.3 is 6.09 Å². The van der Waals surface area contributed by atoms with Crippen molar-refractivity contribution in [3.8, 4) is 23.0 Å². The van der Waals surface area contributed by atoms with Crippen molar-refractivity contribution >= 4 is 18.1 Å². The molecule has 2 aromatic carbocycles. The second-order valence-corrected chi connectivity index (χ2v) is 14.1. The number of carbonyl (C=O) groups excluding carboxylic acids is 2. The first-order valence-corrected chi connectivity index (χ1v) is 19.3. The Morgan fingerprint density at radius 3 is 2.43 bits per heavy atom. The van der Waals surface area contributed by atoms with Gasteiger partial charge in [-0.3, -0.25) is 9.69 Å². The van der Waals surface area contributed by atoms with E-state index in [1.54, 1.807) is 35.2 Å². The SMILES string of the molecule is C=CCO[C@@]12Oc3ccc(Oc4ccc(OC)c(C=O)c4)cc3[C@H]3[C@H](CCCCO)[C@@H](CCCCO)C=C(C(=NOC)C[C@@H]1N(CCOCCO)C(=O)OC)[C@H]32. The number of methoxy groups -OCH3 is 2. The molecule has 1 amide bonds. The highest BCUT2D eigenvalue weighted by Crippen LogP contribution is 2.62. The van der Waals surface area contributed by atoms with Gasteiger partial charge in [-0.15, -0.1) is 6.58 Å². The molecule has 3 N–H and O–H groups in total. The predicted molar refractivity (Wildman–Crippen MR) is 207 cm³/mol. The first-order chi connectivity index (χ1) is 27.3. The number of unbranched alkanes of at least 4 members (excludes halogenated alkanes) is 2. The van der Waals surface area contributed by atoms with Crippen molar-refractivity contribution in [2.24, 2.45) is 22.9 Å².